The molecule has 0 aliphatic carbocycles. The highest BCUT2D eigenvalue weighted by molar-refractivity contribution is 5.76. The van der Waals surface area contributed by atoms with E-state index in [1.165, 1.54) is 212 Å². The number of allylic oxidation sites excluding steroid dienone is 1. The lowest BCUT2D eigenvalue weighted by atomic mass is 10.0. The molecule has 3 N–H and O–H groups in total. The Balaban J connectivity index is 3.41. The number of rotatable bonds is 50. The summed E-state index contributed by atoms with van der Waals surface area (Å²) in [5.74, 6) is -0.0831. The van der Waals surface area contributed by atoms with Gasteiger partial charge in [-0.1, -0.05) is 264 Å². The molecule has 0 aliphatic heterocycles. The number of hydrogen-bond donors (Lipinski definition) is 3. The molecule has 0 fully saturated rings. The Bertz CT molecular complexity index is 893. The van der Waals surface area contributed by atoms with Gasteiger partial charge < -0.3 is 20.3 Å². The average molecular weight is 848 g/mol. The van der Waals surface area contributed by atoms with Gasteiger partial charge in [0.05, 0.1) is 25.4 Å². The van der Waals surface area contributed by atoms with Crippen LogP contribution in [0.3, 0.4) is 0 Å². The van der Waals surface area contributed by atoms with Crippen LogP contribution in [0, 0.1) is 0 Å². The molecule has 6 heteroatoms. The van der Waals surface area contributed by atoms with E-state index in [2.05, 4.69) is 19.2 Å². The van der Waals surface area contributed by atoms with Gasteiger partial charge in [0.25, 0.3) is 0 Å². The smallest absolute Gasteiger partial charge is 0.305 e. The molecule has 0 aromatic carbocycles. The number of carbonyl (C=O) groups is 2. The first-order valence-corrected chi connectivity index (χ1v) is 27.0. The van der Waals surface area contributed by atoms with Gasteiger partial charge in [0.2, 0.25) is 5.91 Å². The number of aliphatic hydroxyl groups is 2. The molecule has 2 atom stereocenters. The topological polar surface area (TPSA) is 95.9 Å². The van der Waals surface area contributed by atoms with Crippen molar-refractivity contribution >= 4 is 11.9 Å². The Morgan fingerprint density at radius 3 is 1.13 bits per heavy atom. The highest BCUT2D eigenvalue weighted by atomic mass is 16.5. The van der Waals surface area contributed by atoms with Crippen molar-refractivity contribution in [2.24, 2.45) is 0 Å². The van der Waals surface area contributed by atoms with E-state index in [4.69, 9.17) is 4.74 Å². The molecule has 356 valence electrons. The molecule has 2 unspecified atom stereocenters. The molecule has 0 radical (unpaired) electrons. The summed E-state index contributed by atoms with van der Waals surface area (Å²) in [5.41, 5.74) is 0. The van der Waals surface area contributed by atoms with Crippen LogP contribution in [0.4, 0.5) is 0 Å². The van der Waals surface area contributed by atoms with E-state index < -0.39 is 12.1 Å². The number of hydrogen-bond acceptors (Lipinski definition) is 5. The zero-order valence-corrected chi connectivity index (χ0v) is 40.5. The lowest BCUT2D eigenvalue weighted by molar-refractivity contribution is -0.143. The number of ether oxygens (including phenoxy) is 1. The van der Waals surface area contributed by atoms with Gasteiger partial charge in [0, 0.05) is 12.8 Å². The first-order valence-electron chi connectivity index (χ1n) is 27.0. The van der Waals surface area contributed by atoms with Crippen molar-refractivity contribution < 1.29 is 24.5 Å². The molecule has 0 aromatic heterocycles. The minimum atomic E-state index is -0.850. The van der Waals surface area contributed by atoms with Crippen molar-refractivity contribution in [3.05, 3.63) is 12.2 Å². The van der Waals surface area contributed by atoms with Gasteiger partial charge in [-0.3, -0.25) is 9.59 Å². The average Bonchev–Trinajstić information content (AvgIpc) is 3.25. The van der Waals surface area contributed by atoms with Crippen molar-refractivity contribution in [2.75, 3.05) is 13.2 Å². The Kier molecular flexibility index (Phi) is 49.1. The molecular weight excluding hydrogens is 743 g/mol. The highest BCUT2D eigenvalue weighted by Gasteiger charge is 2.18. The maximum Gasteiger partial charge on any atom is 0.305 e. The van der Waals surface area contributed by atoms with E-state index >= 15 is 0 Å². The first-order chi connectivity index (χ1) is 29.5. The van der Waals surface area contributed by atoms with Crippen molar-refractivity contribution in [2.45, 2.75) is 309 Å². The number of esters is 1. The van der Waals surface area contributed by atoms with Crippen LogP contribution in [0.5, 0.6) is 0 Å². The van der Waals surface area contributed by atoms with E-state index in [1.807, 2.05) is 6.08 Å². The van der Waals surface area contributed by atoms with Crippen LogP contribution in [0.2, 0.25) is 0 Å². The van der Waals surface area contributed by atoms with Crippen LogP contribution in [0.1, 0.15) is 296 Å². The summed E-state index contributed by atoms with van der Waals surface area (Å²) in [4.78, 5) is 24.5. The van der Waals surface area contributed by atoms with E-state index in [0.717, 1.165) is 57.8 Å². The zero-order chi connectivity index (χ0) is 43.7. The van der Waals surface area contributed by atoms with E-state index in [1.54, 1.807) is 6.08 Å². The first kappa shape index (κ1) is 58.6. The van der Waals surface area contributed by atoms with Gasteiger partial charge in [-0.05, 0) is 32.1 Å². The lowest BCUT2D eigenvalue weighted by Gasteiger charge is -2.20. The highest BCUT2D eigenvalue weighted by Crippen LogP contribution is 2.17. The van der Waals surface area contributed by atoms with Crippen molar-refractivity contribution in [3.8, 4) is 0 Å². The lowest BCUT2D eigenvalue weighted by Crippen LogP contribution is -2.45. The van der Waals surface area contributed by atoms with Crippen molar-refractivity contribution in [3.63, 3.8) is 0 Å². The van der Waals surface area contributed by atoms with Crippen molar-refractivity contribution in [1.82, 2.24) is 5.32 Å². The second-order valence-electron chi connectivity index (χ2n) is 18.6. The largest absolute Gasteiger partial charge is 0.466 e. The van der Waals surface area contributed by atoms with Crippen LogP contribution in [-0.4, -0.2) is 47.4 Å². The van der Waals surface area contributed by atoms with Crippen LogP contribution >= 0.6 is 0 Å². The van der Waals surface area contributed by atoms with Gasteiger partial charge in [0.1, 0.15) is 0 Å². The summed E-state index contributed by atoms with van der Waals surface area (Å²) < 4.78 is 5.48. The van der Waals surface area contributed by atoms with Gasteiger partial charge in [0.15, 0.2) is 0 Å². The summed E-state index contributed by atoms with van der Waals surface area (Å²) >= 11 is 0. The third-order valence-corrected chi connectivity index (χ3v) is 12.6. The quantitative estimate of drug-likeness (QED) is 0.0322. The fourth-order valence-electron chi connectivity index (χ4n) is 8.40. The molecule has 1 amide bonds. The molecule has 0 spiro atoms. The SMILES string of the molecule is CCCCCCCCCCC/C=C/C(O)C(CO)NC(=O)CCCCCCCCCCCCCCCOC(=O)CCCCCCCCCCCCCCCCCCCCC. The van der Waals surface area contributed by atoms with Crippen LogP contribution in [0.25, 0.3) is 0 Å². The molecule has 0 saturated carbocycles. The fraction of sp³-hybridized carbons (Fsp3) is 0.926. The number of nitrogens with one attached hydrogen (secondary N) is 1. The van der Waals surface area contributed by atoms with E-state index in [9.17, 15) is 19.8 Å². The molecule has 60 heavy (non-hydrogen) atoms. The van der Waals surface area contributed by atoms with Gasteiger partial charge >= 0.3 is 5.97 Å². The zero-order valence-electron chi connectivity index (χ0n) is 40.5. The normalized spacial score (nSPS) is 12.7. The second-order valence-corrected chi connectivity index (χ2v) is 18.6. The fourth-order valence-corrected chi connectivity index (χ4v) is 8.40. The van der Waals surface area contributed by atoms with E-state index in [0.29, 0.717) is 19.4 Å². The molecule has 0 rings (SSSR count). The summed E-state index contributed by atoms with van der Waals surface area (Å²) in [7, 11) is 0. The molecule has 0 heterocycles. The maximum atomic E-state index is 12.4. The van der Waals surface area contributed by atoms with Gasteiger partial charge in [-0.15, -0.1) is 0 Å². The standard InChI is InChI=1S/C54H105NO5/c1-3-5-7-9-11-13-15-16-17-18-19-20-21-24-28-32-36-40-44-48-54(59)60-49-45-41-37-33-29-25-22-23-27-31-35-39-43-47-53(58)55-51(50-56)52(57)46-42-38-34-30-26-14-12-10-8-6-4-2/h42,46,51-52,56-57H,3-41,43-45,47-50H2,1-2H3,(H,55,58)/b46-42+. The Hall–Kier alpha value is -1.40. The molecule has 0 bridgehead atoms. The second kappa shape index (κ2) is 50.2. The Morgan fingerprint density at radius 2 is 0.767 bits per heavy atom. The molecular formula is C54H105NO5. The summed E-state index contributed by atoms with van der Waals surface area (Å²) in [6, 6.07) is -0.635. The van der Waals surface area contributed by atoms with Crippen molar-refractivity contribution in [1.29, 1.82) is 0 Å². The Morgan fingerprint density at radius 1 is 0.450 bits per heavy atom. The monoisotopic (exact) mass is 848 g/mol. The van der Waals surface area contributed by atoms with Crippen LogP contribution < -0.4 is 5.32 Å². The third-order valence-electron chi connectivity index (χ3n) is 12.6. The molecule has 0 aromatic rings. The Labute approximate surface area is 374 Å². The van der Waals surface area contributed by atoms with E-state index in [-0.39, 0.29) is 18.5 Å². The number of carbonyl (C=O) groups excluding carboxylic acids is 2. The predicted molar refractivity (Wildman–Crippen MR) is 260 cm³/mol. The van der Waals surface area contributed by atoms with Gasteiger partial charge in [-0.25, -0.2) is 0 Å². The summed E-state index contributed by atoms with van der Waals surface area (Å²) in [5, 5.41) is 23.0. The molecule has 0 saturated heterocycles. The maximum absolute atomic E-state index is 12.4. The predicted octanol–water partition coefficient (Wildman–Crippen LogP) is 16.1. The van der Waals surface area contributed by atoms with Gasteiger partial charge in [-0.2, -0.15) is 0 Å². The number of amides is 1. The molecule has 0 aliphatic rings. The number of unbranched alkanes of at least 4 members (excludes halogenated alkanes) is 39. The van der Waals surface area contributed by atoms with Crippen LogP contribution in [0.15, 0.2) is 12.2 Å². The number of aliphatic hydroxyl groups excluding tert-OH is 2. The van der Waals surface area contributed by atoms with Crippen LogP contribution in [-0.2, 0) is 14.3 Å². The minimum Gasteiger partial charge on any atom is -0.466 e. The third kappa shape index (κ3) is 46.1. The summed E-state index contributed by atoms with van der Waals surface area (Å²) in [6.45, 7) is 4.88. The minimum absolute atomic E-state index is 0.00216. The summed E-state index contributed by atoms with van der Waals surface area (Å²) in [6.07, 6.45) is 57.9. The molecule has 6 nitrogen and oxygen atoms in total.